The maximum absolute atomic E-state index is 12.5. The van der Waals surface area contributed by atoms with E-state index in [0.717, 1.165) is 21.5 Å². The van der Waals surface area contributed by atoms with Gasteiger partial charge in [-0.05, 0) is 42.8 Å². The number of para-hydroxylation sites is 1. The normalized spacial score (nSPS) is 11.0. The molecule has 7 nitrogen and oxygen atoms in total. The van der Waals surface area contributed by atoms with Gasteiger partial charge in [0.05, 0.1) is 23.2 Å². The number of carbonyl (C=O) groups is 2. The van der Waals surface area contributed by atoms with E-state index in [1.54, 1.807) is 48.5 Å². The molecule has 2 aromatic rings. The topological polar surface area (TPSA) is 95.6 Å². The van der Waals surface area contributed by atoms with Crippen LogP contribution >= 0.6 is 15.9 Å². The molecule has 28 heavy (non-hydrogen) atoms. The summed E-state index contributed by atoms with van der Waals surface area (Å²) in [7, 11) is -3.68. The molecule has 0 aromatic heterocycles. The zero-order chi connectivity index (χ0) is 20.7. The van der Waals surface area contributed by atoms with Gasteiger partial charge in [-0.2, -0.15) is 0 Å². The van der Waals surface area contributed by atoms with Crippen molar-refractivity contribution in [3.8, 4) is 0 Å². The van der Waals surface area contributed by atoms with E-state index in [1.807, 2.05) is 6.92 Å². The number of rotatable bonds is 8. The Bertz CT molecular complexity index is 946. The predicted octanol–water partition coefficient (Wildman–Crippen LogP) is 2.99. The summed E-state index contributed by atoms with van der Waals surface area (Å²) in [5.74, 6) is -0.852. The fourth-order valence-corrected chi connectivity index (χ4v) is 3.57. The zero-order valence-corrected chi connectivity index (χ0v) is 18.0. The van der Waals surface area contributed by atoms with Crippen molar-refractivity contribution in [1.29, 1.82) is 0 Å². The molecule has 0 unspecified atom stereocenters. The number of hydrogen-bond acceptors (Lipinski definition) is 4. The molecule has 0 heterocycles. The van der Waals surface area contributed by atoms with Gasteiger partial charge < -0.3 is 10.6 Å². The molecule has 0 fully saturated rings. The lowest BCUT2D eigenvalue weighted by atomic mass is 10.1. The van der Waals surface area contributed by atoms with Crippen LogP contribution in [0.3, 0.4) is 0 Å². The number of amides is 2. The Morgan fingerprint density at radius 1 is 1.07 bits per heavy atom. The summed E-state index contributed by atoms with van der Waals surface area (Å²) < 4.78 is 26.1. The second kappa shape index (κ2) is 9.70. The van der Waals surface area contributed by atoms with E-state index in [9.17, 15) is 18.0 Å². The van der Waals surface area contributed by atoms with Gasteiger partial charge in [-0.3, -0.25) is 13.9 Å². The van der Waals surface area contributed by atoms with E-state index in [4.69, 9.17) is 0 Å². The van der Waals surface area contributed by atoms with Crippen LogP contribution in [0.4, 0.5) is 11.4 Å². The van der Waals surface area contributed by atoms with Crippen molar-refractivity contribution < 1.29 is 18.0 Å². The van der Waals surface area contributed by atoms with Crippen molar-refractivity contribution in [2.45, 2.75) is 13.3 Å². The highest BCUT2D eigenvalue weighted by molar-refractivity contribution is 9.10. The molecule has 0 saturated carbocycles. The highest BCUT2D eigenvalue weighted by atomic mass is 79.9. The standard InChI is InChI=1S/C19H22BrN3O4S/c1-3-12-21-19(25)16-6-4-5-7-17(16)22-18(24)13-23(28(2,26)27)15-10-8-14(20)9-11-15/h4-11H,3,12-13H2,1-2H3,(H,21,25)(H,22,24). The molecule has 0 aliphatic carbocycles. The van der Waals surface area contributed by atoms with Crippen LogP contribution in [0.1, 0.15) is 23.7 Å². The van der Waals surface area contributed by atoms with Crippen molar-refractivity contribution in [3.05, 3.63) is 58.6 Å². The second-order valence-corrected chi connectivity index (χ2v) is 8.92. The number of hydrogen-bond donors (Lipinski definition) is 2. The summed E-state index contributed by atoms with van der Waals surface area (Å²) in [6.45, 7) is 2.05. The lowest BCUT2D eigenvalue weighted by Gasteiger charge is -2.22. The molecular formula is C19H22BrN3O4S. The third-order valence-corrected chi connectivity index (χ3v) is 5.45. The molecule has 0 spiro atoms. The first-order valence-corrected chi connectivity index (χ1v) is 11.3. The minimum atomic E-state index is -3.68. The summed E-state index contributed by atoms with van der Waals surface area (Å²) in [5, 5.41) is 5.39. The number of nitrogens with one attached hydrogen (secondary N) is 2. The lowest BCUT2D eigenvalue weighted by molar-refractivity contribution is -0.114. The number of benzene rings is 2. The smallest absolute Gasteiger partial charge is 0.253 e. The molecule has 0 aliphatic heterocycles. The van der Waals surface area contributed by atoms with Gasteiger partial charge in [0.15, 0.2) is 0 Å². The Morgan fingerprint density at radius 3 is 2.32 bits per heavy atom. The number of halogens is 1. The molecule has 2 N–H and O–H groups in total. The van der Waals surface area contributed by atoms with E-state index in [0.29, 0.717) is 23.5 Å². The molecule has 2 amide bonds. The average Bonchev–Trinajstić information content (AvgIpc) is 2.64. The maximum atomic E-state index is 12.5. The fraction of sp³-hybridized carbons (Fsp3) is 0.263. The molecule has 0 bridgehead atoms. The monoisotopic (exact) mass is 467 g/mol. The molecule has 0 saturated heterocycles. The van der Waals surface area contributed by atoms with Gasteiger partial charge in [0.1, 0.15) is 6.54 Å². The number of carbonyl (C=O) groups excluding carboxylic acids is 2. The quantitative estimate of drug-likeness (QED) is 0.623. The van der Waals surface area contributed by atoms with Gasteiger partial charge in [-0.25, -0.2) is 8.42 Å². The van der Waals surface area contributed by atoms with Gasteiger partial charge in [-0.15, -0.1) is 0 Å². The molecule has 2 rings (SSSR count). The third-order valence-electron chi connectivity index (χ3n) is 3.78. The number of anilines is 2. The van der Waals surface area contributed by atoms with Crippen LogP contribution in [0.5, 0.6) is 0 Å². The minimum absolute atomic E-state index is 0.300. The molecular weight excluding hydrogens is 446 g/mol. The van der Waals surface area contributed by atoms with Crippen molar-refractivity contribution in [3.63, 3.8) is 0 Å². The lowest BCUT2D eigenvalue weighted by Crippen LogP contribution is -2.37. The number of sulfonamides is 1. The second-order valence-electron chi connectivity index (χ2n) is 6.10. The summed E-state index contributed by atoms with van der Waals surface area (Å²) in [6, 6.07) is 13.2. The highest BCUT2D eigenvalue weighted by Gasteiger charge is 2.22. The van der Waals surface area contributed by atoms with E-state index < -0.39 is 22.5 Å². The third kappa shape index (κ3) is 6.07. The Morgan fingerprint density at radius 2 is 1.71 bits per heavy atom. The van der Waals surface area contributed by atoms with Crippen LogP contribution in [0, 0.1) is 0 Å². The first-order chi connectivity index (χ1) is 13.2. The largest absolute Gasteiger partial charge is 0.352 e. The molecule has 9 heteroatoms. The Labute approximate surface area is 173 Å². The van der Waals surface area contributed by atoms with E-state index in [2.05, 4.69) is 26.6 Å². The minimum Gasteiger partial charge on any atom is -0.352 e. The molecule has 0 atom stereocenters. The molecule has 0 radical (unpaired) electrons. The highest BCUT2D eigenvalue weighted by Crippen LogP contribution is 2.21. The Kier molecular flexibility index (Phi) is 7.59. The van der Waals surface area contributed by atoms with Crippen LogP contribution in [0.25, 0.3) is 0 Å². The van der Waals surface area contributed by atoms with Gasteiger partial charge in [-0.1, -0.05) is 35.0 Å². The Balaban J connectivity index is 2.20. The van der Waals surface area contributed by atoms with Crippen LogP contribution in [-0.4, -0.2) is 39.6 Å². The summed E-state index contributed by atoms with van der Waals surface area (Å²) in [4.78, 5) is 24.8. The van der Waals surface area contributed by atoms with E-state index in [-0.39, 0.29) is 5.91 Å². The van der Waals surface area contributed by atoms with Gasteiger partial charge in [0.2, 0.25) is 15.9 Å². The summed E-state index contributed by atoms with van der Waals surface area (Å²) in [6.07, 6.45) is 1.82. The van der Waals surface area contributed by atoms with Gasteiger partial charge >= 0.3 is 0 Å². The van der Waals surface area contributed by atoms with Gasteiger partial charge in [0.25, 0.3) is 5.91 Å². The van der Waals surface area contributed by atoms with E-state index in [1.165, 1.54) is 0 Å². The van der Waals surface area contributed by atoms with Crippen LogP contribution in [0.15, 0.2) is 53.0 Å². The average molecular weight is 468 g/mol. The van der Waals surface area contributed by atoms with E-state index >= 15 is 0 Å². The fourth-order valence-electron chi connectivity index (χ4n) is 2.45. The zero-order valence-electron chi connectivity index (χ0n) is 15.6. The van der Waals surface area contributed by atoms with Crippen molar-refractivity contribution in [2.75, 3.05) is 29.0 Å². The van der Waals surface area contributed by atoms with Crippen molar-refractivity contribution in [1.82, 2.24) is 5.32 Å². The summed E-state index contributed by atoms with van der Waals surface area (Å²) >= 11 is 3.29. The first-order valence-electron chi connectivity index (χ1n) is 8.62. The van der Waals surface area contributed by atoms with Crippen LogP contribution < -0.4 is 14.9 Å². The molecule has 150 valence electrons. The molecule has 0 aliphatic rings. The van der Waals surface area contributed by atoms with Crippen LogP contribution in [-0.2, 0) is 14.8 Å². The first kappa shape index (κ1) is 21.9. The van der Waals surface area contributed by atoms with Crippen molar-refractivity contribution in [2.24, 2.45) is 0 Å². The maximum Gasteiger partial charge on any atom is 0.253 e. The summed E-state index contributed by atoms with van der Waals surface area (Å²) in [5.41, 5.74) is 1.01. The predicted molar refractivity (Wildman–Crippen MR) is 114 cm³/mol. The van der Waals surface area contributed by atoms with Crippen molar-refractivity contribution >= 4 is 49.1 Å². The Hall–Kier alpha value is -2.39. The number of nitrogens with zero attached hydrogens (tertiary/aromatic N) is 1. The molecule has 2 aromatic carbocycles. The van der Waals surface area contributed by atoms with Gasteiger partial charge in [0, 0.05) is 11.0 Å². The van der Waals surface area contributed by atoms with Crippen LogP contribution in [0.2, 0.25) is 0 Å². The SMILES string of the molecule is CCCNC(=O)c1ccccc1NC(=O)CN(c1ccc(Br)cc1)S(C)(=O)=O.